The van der Waals surface area contributed by atoms with E-state index in [1.807, 2.05) is 19.9 Å². The maximum Gasteiger partial charge on any atom is 0.239 e. The number of nitrogens with two attached hydrogens (primary N) is 1. The Morgan fingerprint density at radius 1 is 1.30 bits per heavy atom. The highest BCUT2D eigenvalue weighted by atomic mass is 19.1. The van der Waals surface area contributed by atoms with Gasteiger partial charge in [0, 0.05) is 0 Å². The fourth-order valence-electron chi connectivity index (χ4n) is 2.15. The van der Waals surface area contributed by atoms with Crippen molar-refractivity contribution in [1.29, 1.82) is 0 Å². The van der Waals surface area contributed by atoms with Crippen molar-refractivity contribution in [2.24, 2.45) is 5.73 Å². The lowest BCUT2D eigenvalue weighted by atomic mass is 10.0. The molecule has 0 aliphatic carbocycles. The number of primary amides is 1. The van der Waals surface area contributed by atoms with Gasteiger partial charge in [0.05, 0.1) is 12.3 Å². The maximum atomic E-state index is 12.9. The van der Waals surface area contributed by atoms with E-state index in [1.54, 1.807) is 18.4 Å². The highest BCUT2D eigenvalue weighted by Crippen LogP contribution is 2.22. The van der Waals surface area contributed by atoms with E-state index in [0.717, 1.165) is 11.3 Å². The summed E-state index contributed by atoms with van der Waals surface area (Å²) in [4.78, 5) is 11.6. The van der Waals surface area contributed by atoms with Crippen LogP contribution in [0.15, 0.2) is 41.0 Å². The molecule has 106 valence electrons. The molecule has 3 N–H and O–H groups in total. The second kappa shape index (κ2) is 5.88. The molecule has 20 heavy (non-hydrogen) atoms. The van der Waals surface area contributed by atoms with Gasteiger partial charge in [-0.25, -0.2) is 4.39 Å². The number of hydrogen-bond acceptors (Lipinski definition) is 3. The Morgan fingerprint density at radius 2 is 1.95 bits per heavy atom. The Kier molecular flexibility index (Phi) is 4.20. The third-order valence-electron chi connectivity index (χ3n) is 3.20. The van der Waals surface area contributed by atoms with Crippen LogP contribution in [0.25, 0.3) is 0 Å². The molecule has 2 atom stereocenters. The number of hydrogen-bond donors (Lipinski definition) is 2. The quantitative estimate of drug-likeness (QED) is 0.882. The molecule has 2 rings (SSSR count). The first-order valence-electron chi connectivity index (χ1n) is 6.34. The average Bonchev–Trinajstić information content (AvgIpc) is 2.83. The number of halogens is 1. The van der Waals surface area contributed by atoms with Crippen molar-refractivity contribution in [1.82, 2.24) is 5.32 Å². The van der Waals surface area contributed by atoms with Crippen LogP contribution in [0.3, 0.4) is 0 Å². The van der Waals surface area contributed by atoms with Gasteiger partial charge in [-0.2, -0.15) is 0 Å². The summed E-state index contributed by atoms with van der Waals surface area (Å²) >= 11 is 0. The Labute approximate surface area is 116 Å². The molecule has 0 aliphatic heterocycles. The van der Waals surface area contributed by atoms with Crippen LogP contribution in [-0.2, 0) is 4.79 Å². The minimum atomic E-state index is -0.699. The molecular weight excluding hydrogens is 259 g/mol. The number of amides is 1. The normalized spacial score (nSPS) is 13.9. The van der Waals surface area contributed by atoms with E-state index < -0.39 is 11.9 Å². The molecular formula is C15H17FN2O2. The zero-order chi connectivity index (χ0) is 14.7. The number of benzene rings is 1. The van der Waals surface area contributed by atoms with E-state index >= 15 is 0 Å². The Morgan fingerprint density at radius 3 is 2.45 bits per heavy atom. The topological polar surface area (TPSA) is 68.3 Å². The number of carbonyl (C=O) groups excluding carboxylic acids is 1. The molecule has 1 aromatic heterocycles. The molecule has 0 aliphatic rings. The first-order valence-corrected chi connectivity index (χ1v) is 6.34. The van der Waals surface area contributed by atoms with Gasteiger partial charge in [0.15, 0.2) is 0 Å². The van der Waals surface area contributed by atoms with Crippen molar-refractivity contribution in [3.05, 3.63) is 59.3 Å². The van der Waals surface area contributed by atoms with Gasteiger partial charge in [-0.05, 0) is 43.2 Å². The van der Waals surface area contributed by atoms with Crippen molar-refractivity contribution in [3.8, 4) is 0 Å². The van der Waals surface area contributed by atoms with Crippen molar-refractivity contribution in [2.45, 2.75) is 25.9 Å². The predicted molar refractivity (Wildman–Crippen MR) is 73.3 cm³/mol. The van der Waals surface area contributed by atoms with E-state index in [2.05, 4.69) is 5.32 Å². The van der Waals surface area contributed by atoms with Gasteiger partial charge in [0.25, 0.3) is 0 Å². The summed E-state index contributed by atoms with van der Waals surface area (Å²) in [5.41, 5.74) is 7.03. The largest absolute Gasteiger partial charge is 0.467 e. The van der Waals surface area contributed by atoms with E-state index in [0.29, 0.717) is 5.56 Å². The van der Waals surface area contributed by atoms with Gasteiger partial charge in [0.2, 0.25) is 5.91 Å². The fraction of sp³-hybridized carbons (Fsp3) is 0.267. The zero-order valence-corrected chi connectivity index (χ0v) is 11.4. The molecule has 0 spiro atoms. The number of carbonyl (C=O) groups is 1. The van der Waals surface area contributed by atoms with Gasteiger partial charge in [-0.1, -0.05) is 12.1 Å². The molecule has 1 heterocycles. The summed E-state index contributed by atoms with van der Waals surface area (Å²) in [7, 11) is 0. The first-order chi connectivity index (χ1) is 9.49. The molecule has 0 saturated carbocycles. The lowest BCUT2D eigenvalue weighted by Crippen LogP contribution is -2.35. The van der Waals surface area contributed by atoms with Crippen LogP contribution in [0.5, 0.6) is 0 Å². The van der Waals surface area contributed by atoms with Gasteiger partial charge >= 0.3 is 0 Å². The van der Waals surface area contributed by atoms with Gasteiger partial charge in [-0.15, -0.1) is 0 Å². The third kappa shape index (κ3) is 3.05. The van der Waals surface area contributed by atoms with Crippen molar-refractivity contribution >= 4 is 5.91 Å². The van der Waals surface area contributed by atoms with Crippen molar-refractivity contribution in [3.63, 3.8) is 0 Å². The standard InChI is InChI=1S/C15H17FN2O2/c1-9-7-8-20-14(9)10(2)18-13(15(17)19)11-3-5-12(16)6-4-11/h3-8,10,13,18H,1-2H3,(H2,17,19)/t10-,13-/m1/s1. The van der Waals surface area contributed by atoms with E-state index in [4.69, 9.17) is 10.2 Å². The average molecular weight is 276 g/mol. The van der Waals surface area contributed by atoms with Crippen molar-refractivity contribution in [2.75, 3.05) is 0 Å². The zero-order valence-electron chi connectivity index (χ0n) is 11.4. The Balaban J connectivity index is 2.20. The number of rotatable bonds is 5. The molecule has 0 fully saturated rings. The monoisotopic (exact) mass is 276 g/mol. The molecule has 0 bridgehead atoms. The van der Waals surface area contributed by atoms with E-state index in [1.165, 1.54) is 12.1 Å². The van der Waals surface area contributed by atoms with Crippen LogP contribution in [-0.4, -0.2) is 5.91 Å². The summed E-state index contributed by atoms with van der Waals surface area (Å²) in [6, 6.07) is 6.65. The number of nitrogens with one attached hydrogen (secondary N) is 1. The molecule has 0 radical (unpaired) electrons. The molecule has 1 amide bonds. The van der Waals surface area contributed by atoms with Crippen LogP contribution < -0.4 is 11.1 Å². The van der Waals surface area contributed by atoms with E-state index in [9.17, 15) is 9.18 Å². The highest BCUT2D eigenvalue weighted by molar-refractivity contribution is 5.81. The smallest absolute Gasteiger partial charge is 0.239 e. The predicted octanol–water partition coefficient (Wildman–Crippen LogP) is 2.60. The third-order valence-corrected chi connectivity index (χ3v) is 3.20. The van der Waals surface area contributed by atoms with Crippen LogP contribution in [0.4, 0.5) is 4.39 Å². The minimum Gasteiger partial charge on any atom is -0.467 e. The van der Waals surface area contributed by atoms with E-state index in [-0.39, 0.29) is 11.9 Å². The highest BCUT2D eigenvalue weighted by Gasteiger charge is 2.22. The SMILES string of the molecule is Cc1ccoc1[C@@H](C)N[C@@H](C(N)=O)c1ccc(F)cc1. The van der Waals surface area contributed by atoms with Crippen molar-refractivity contribution < 1.29 is 13.6 Å². The minimum absolute atomic E-state index is 0.187. The Bertz CT molecular complexity index is 592. The second-order valence-electron chi connectivity index (χ2n) is 4.74. The summed E-state index contributed by atoms with van der Waals surface area (Å²) in [5.74, 6) is -0.127. The maximum absolute atomic E-state index is 12.9. The molecule has 0 saturated heterocycles. The number of aryl methyl sites for hydroxylation is 1. The summed E-state index contributed by atoms with van der Waals surface area (Å²) < 4.78 is 18.3. The molecule has 1 aromatic carbocycles. The van der Waals surface area contributed by atoms with Gasteiger partial charge in [-0.3, -0.25) is 10.1 Å². The lowest BCUT2D eigenvalue weighted by Gasteiger charge is -2.20. The number of furan rings is 1. The molecule has 2 aromatic rings. The van der Waals surface area contributed by atoms with Crippen LogP contribution in [0.1, 0.15) is 35.9 Å². The van der Waals surface area contributed by atoms with Gasteiger partial charge < -0.3 is 10.2 Å². The first kappa shape index (κ1) is 14.3. The Hall–Kier alpha value is -2.14. The summed E-state index contributed by atoms with van der Waals surface area (Å²) in [5, 5.41) is 3.10. The molecule has 0 unspecified atom stereocenters. The molecule has 5 heteroatoms. The molecule has 4 nitrogen and oxygen atoms in total. The van der Waals surface area contributed by atoms with Gasteiger partial charge in [0.1, 0.15) is 17.6 Å². The summed E-state index contributed by atoms with van der Waals surface area (Å²) in [6.07, 6.45) is 1.60. The van der Waals surface area contributed by atoms with Crippen LogP contribution in [0, 0.1) is 12.7 Å². The lowest BCUT2D eigenvalue weighted by molar-refractivity contribution is -0.120. The van der Waals surface area contributed by atoms with Crippen LogP contribution >= 0.6 is 0 Å². The van der Waals surface area contributed by atoms with Crippen LogP contribution in [0.2, 0.25) is 0 Å². The summed E-state index contributed by atoms with van der Waals surface area (Å²) in [6.45, 7) is 3.81. The fourth-order valence-corrected chi connectivity index (χ4v) is 2.15. The second-order valence-corrected chi connectivity index (χ2v) is 4.74.